The molecule has 0 aromatic rings. The second kappa shape index (κ2) is 6.48. The van der Waals surface area contributed by atoms with Gasteiger partial charge in [-0.1, -0.05) is 12.2 Å². The van der Waals surface area contributed by atoms with Gasteiger partial charge in [-0.2, -0.15) is 0 Å². The van der Waals surface area contributed by atoms with Crippen molar-refractivity contribution in [2.24, 2.45) is 5.92 Å². The Kier molecular flexibility index (Phi) is 5.26. The molecule has 1 N–H and O–H groups in total. The fourth-order valence-electron chi connectivity index (χ4n) is 2.07. The van der Waals surface area contributed by atoms with E-state index in [1.165, 1.54) is 0 Å². The fourth-order valence-corrected chi connectivity index (χ4v) is 2.07. The number of carbonyl (C=O) groups excluding carboxylic acids is 1. The molecule has 0 spiro atoms. The number of ether oxygens (including phenoxy) is 1. The van der Waals surface area contributed by atoms with Crippen molar-refractivity contribution in [3.63, 3.8) is 0 Å². The van der Waals surface area contributed by atoms with E-state index in [9.17, 15) is 9.90 Å². The maximum atomic E-state index is 11.2. The lowest BCUT2D eigenvalue weighted by Crippen LogP contribution is -2.28. The molecule has 0 aromatic carbocycles. The van der Waals surface area contributed by atoms with Crippen LogP contribution in [0.3, 0.4) is 0 Å². The third-order valence-electron chi connectivity index (χ3n) is 2.98. The molecule has 1 aliphatic heterocycles. The summed E-state index contributed by atoms with van der Waals surface area (Å²) in [4.78, 5) is 11.2. The first-order chi connectivity index (χ1) is 7.69. The SMILES string of the molecule is C=CCCC(O)C1CC(=O)OC1CCC=C. The predicted molar refractivity (Wildman–Crippen MR) is 62.9 cm³/mol. The van der Waals surface area contributed by atoms with Crippen LogP contribution in [0.1, 0.15) is 32.1 Å². The molecule has 1 saturated heterocycles. The van der Waals surface area contributed by atoms with Gasteiger partial charge in [0, 0.05) is 5.92 Å². The molecule has 16 heavy (non-hydrogen) atoms. The summed E-state index contributed by atoms with van der Waals surface area (Å²) in [6, 6.07) is 0. The Morgan fingerprint density at radius 2 is 2.12 bits per heavy atom. The second-order valence-electron chi connectivity index (χ2n) is 4.20. The lowest BCUT2D eigenvalue weighted by atomic mass is 9.89. The highest BCUT2D eigenvalue weighted by molar-refractivity contribution is 5.72. The number of aliphatic hydroxyl groups is 1. The molecule has 0 aromatic heterocycles. The molecule has 0 saturated carbocycles. The topological polar surface area (TPSA) is 46.5 Å². The Balaban J connectivity index is 2.50. The number of esters is 1. The number of hydrogen-bond acceptors (Lipinski definition) is 3. The molecule has 3 heteroatoms. The third kappa shape index (κ3) is 3.49. The van der Waals surface area contributed by atoms with Crippen LogP contribution in [0.4, 0.5) is 0 Å². The Bertz CT molecular complexity index is 260. The van der Waals surface area contributed by atoms with Gasteiger partial charge in [0.05, 0.1) is 12.5 Å². The molecule has 1 fully saturated rings. The first-order valence-electron chi connectivity index (χ1n) is 5.78. The van der Waals surface area contributed by atoms with Gasteiger partial charge >= 0.3 is 5.97 Å². The summed E-state index contributed by atoms with van der Waals surface area (Å²) in [6.07, 6.45) is 6.27. The van der Waals surface area contributed by atoms with E-state index in [1.54, 1.807) is 12.2 Å². The van der Waals surface area contributed by atoms with Crippen LogP contribution in [0.5, 0.6) is 0 Å². The average molecular weight is 224 g/mol. The standard InChI is InChI=1S/C13H20O3/c1-3-5-7-11(14)10-9-13(15)16-12(10)8-6-4-2/h3-4,10-12,14H,1-2,5-9H2. The number of allylic oxidation sites excluding steroid dienone is 2. The van der Waals surface area contributed by atoms with E-state index in [2.05, 4.69) is 13.2 Å². The molecule has 0 amide bonds. The molecule has 90 valence electrons. The minimum absolute atomic E-state index is 0.0626. The van der Waals surface area contributed by atoms with Crippen LogP contribution in [-0.4, -0.2) is 23.3 Å². The van der Waals surface area contributed by atoms with Crippen LogP contribution in [0.15, 0.2) is 25.3 Å². The molecule has 3 atom stereocenters. The highest BCUT2D eigenvalue weighted by Crippen LogP contribution is 2.30. The van der Waals surface area contributed by atoms with E-state index in [0.29, 0.717) is 12.8 Å². The summed E-state index contributed by atoms with van der Waals surface area (Å²) in [6.45, 7) is 7.26. The molecular formula is C13H20O3. The Morgan fingerprint density at radius 3 is 2.75 bits per heavy atom. The molecule has 0 aliphatic carbocycles. The van der Waals surface area contributed by atoms with Gasteiger partial charge in [-0.05, 0) is 25.7 Å². The zero-order valence-electron chi connectivity index (χ0n) is 9.60. The van der Waals surface area contributed by atoms with E-state index in [-0.39, 0.29) is 18.0 Å². The Hall–Kier alpha value is -1.09. The predicted octanol–water partition coefficient (Wildman–Crippen LogP) is 2.21. The molecule has 0 bridgehead atoms. The number of aliphatic hydroxyl groups excluding tert-OH is 1. The molecule has 1 aliphatic rings. The normalized spacial score (nSPS) is 26.2. The summed E-state index contributed by atoms with van der Waals surface area (Å²) in [5.41, 5.74) is 0. The van der Waals surface area contributed by atoms with Crippen molar-refractivity contribution in [3.8, 4) is 0 Å². The highest BCUT2D eigenvalue weighted by Gasteiger charge is 2.38. The van der Waals surface area contributed by atoms with Gasteiger partial charge in [0.15, 0.2) is 0 Å². The van der Waals surface area contributed by atoms with Crippen molar-refractivity contribution in [1.82, 2.24) is 0 Å². The molecule has 0 radical (unpaired) electrons. The number of rotatable bonds is 7. The third-order valence-corrected chi connectivity index (χ3v) is 2.98. The van der Waals surface area contributed by atoms with Crippen molar-refractivity contribution in [3.05, 3.63) is 25.3 Å². The summed E-state index contributed by atoms with van der Waals surface area (Å²) < 4.78 is 5.20. The van der Waals surface area contributed by atoms with Gasteiger partial charge in [-0.25, -0.2) is 0 Å². The molecule has 1 rings (SSSR count). The zero-order chi connectivity index (χ0) is 12.0. The summed E-state index contributed by atoms with van der Waals surface area (Å²) in [7, 11) is 0. The van der Waals surface area contributed by atoms with Crippen molar-refractivity contribution < 1.29 is 14.6 Å². The lowest BCUT2D eigenvalue weighted by Gasteiger charge is -2.21. The van der Waals surface area contributed by atoms with E-state index in [0.717, 1.165) is 19.3 Å². The van der Waals surface area contributed by atoms with Crippen LogP contribution < -0.4 is 0 Å². The van der Waals surface area contributed by atoms with Gasteiger partial charge in [0.25, 0.3) is 0 Å². The Labute approximate surface area is 96.8 Å². The summed E-state index contributed by atoms with van der Waals surface area (Å²) in [5, 5.41) is 9.96. The number of cyclic esters (lactones) is 1. The number of hydrogen-bond donors (Lipinski definition) is 1. The molecule has 3 unspecified atom stereocenters. The van der Waals surface area contributed by atoms with Crippen molar-refractivity contribution in [2.45, 2.75) is 44.3 Å². The van der Waals surface area contributed by atoms with Crippen LogP contribution in [0.2, 0.25) is 0 Å². The zero-order valence-corrected chi connectivity index (χ0v) is 9.60. The van der Waals surface area contributed by atoms with Crippen molar-refractivity contribution >= 4 is 5.97 Å². The first kappa shape index (κ1) is 13.0. The van der Waals surface area contributed by atoms with Gasteiger partial charge in [0.2, 0.25) is 0 Å². The lowest BCUT2D eigenvalue weighted by molar-refractivity contribution is -0.141. The van der Waals surface area contributed by atoms with Crippen LogP contribution in [0.25, 0.3) is 0 Å². The largest absolute Gasteiger partial charge is 0.462 e. The average Bonchev–Trinajstić information content (AvgIpc) is 2.64. The van der Waals surface area contributed by atoms with Crippen LogP contribution in [0, 0.1) is 5.92 Å². The van der Waals surface area contributed by atoms with Gasteiger partial charge < -0.3 is 9.84 Å². The minimum atomic E-state index is -0.473. The minimum Gasteiger partial charge on any atom is -0.462 e. The van der Waals surface area contributed by atoms with Crippen LogP contribution in [-0.2, 0) is 9.53 Å². The fraction of sp³-hybridized carbons (Fsp3) is 0.615. The number of carbonyl (C=O) groups is 1. The van der Waals surface area contributed by atoms with Gasteiger partial charge in [-0.3, -0.25) is 4.79 Å². The molecular weight excluding hydrogens is 204 g/mol. The smallest absolute Gasteiger partial charge is 0.306 e. The molecule has 3 nitrogen and oxygen atoms in total. The quantitative estimate of drug-likeness (QED) is 0.532. The maximum Gasteiger partial charge on any atom is 0.306 e. The second-order valence-corrected chi connectivity index (χ2v) is 4.20. The monoisotopic (exact) mass is 224 g/mol. The highest BCUT2D eigenvalue weighted by atomic mass is 16.6. The Morgan fingerprint density at radius 1 is 1.44 bits per heavy atom. The van der Waals surface area contributed by atoms with Gasteiger partial charge in [0.1, 0.15) is 6.10 Å². The summed E-state index contributed by atoms with van der Waals surface area (Å²) >= 11 is 0. The van der Waals surface area contributed by atoms with Crippen molar-refractivity contribution in [1.29, 1.82) is 0 Å². The summed E-state index contributed by atoms with van der Waals surface area (Å²) in [5.74, 6) is -0.260. The molecule has 1 heterocycles. The van der Waals surface area contributed by atoms with Crippen LogP contribution >= 0.6 is 0 Å². The van der Waals surface area contributed by atoms with E-state index >= 15 is 0 Å². The van der Waals surface area contributed by atoms with Crippen molar-refractivity contribution in [2.75, 3.05) is 0 Å². The van der Waals surface area contributed by atoms with E-state index < -0.39 is 6.10 Å². The maximum absolute atomic E-state index is 11.2. The van der Waals surface area contributed by atoms with E-state index in [4.69, 9.17) is 4.74 Å². The van der Waals surface area contributed by atoms with E-state index in [1.807, 2.05) is 0 Å². The first-order valence-corrected chi connectivity index (χ1v) is 5.78. The van der Waals surface area contributed by atoms with Gasteiger partial charge in [-0.15, -0.1) is 13.2 Å².